The van der Waals surface area contributed by atoms with Crippen molar-refractivity contribution in [2.24, 2.45) is 11.7 Å². The lowest BCUT2D eigenvalue weighted by Gasteiger charge is -2.50. The highest BCUT2D eigenvalue weighted by Crippen LogP contribution is 2.34. The van der Waals surface area contributed by atoms with Crippen molar-refractivity contribution >= 4 is 22.6 Å². The number of nitrogens with zero attached hydrogens (tertiary/aromatic N) is 6. The Kier molecular flexibility index (Phi) is 6.37. The van der Waals surface area contributed by atoms with E-state index >= 15 is 0 Å². The smallest absolute Gasteiger partial charge is 0.251 e. The van der Waals surface area contributed by atoms with Gasteiger partial charge in [-0.05, 0) is 76.2 Å². The molecule has 10 nitrogen and oxygen atoms in total. The van der Waals surface area contributed by atoms with E-state index in [1.54, 1.807) is 6.33 Å². The number of aromatic nitrogens is 5. The molecule has 4 N–H and O–H groups in total. The minimum absolute atomic E-state index is 0.00628. The second kappa shape index (κ2) is 9.85. The van der Waals surface area contributed by atoms with Crippen molar-refractivity contribution in [2.45, 2.75) is 31.3 Å². The second-order valence-electron chi connectivity index (χ2n) is 10.9. The summed E-state index contributed by atoms with van der Waals surface area (Å²) in [6.45, 7) is 6.28. The van der Waals surface area contributed by atoms with Gasteiger partial charge in [0.25, 0.3) is 5.91 Å². The second-order valence-corrected chi connectivity index (χ2v) is 10.9. The van der Waals surface area contributed by atoms with Crippen molar-refractivity contribution in [3.8, 4) is 11.3 Å². The third-order valence-corrected chi connectivity index (χ3v) is 8.37. The van der Waals surface area contributed by atoms with E-state index in [0.717, 1.165) is 67.0 Å². The molecule has 38 heavy (non-hydrogen) atoms. The molecule has 1 unspecified atom stereocenters. The Hall–Kier alpha value is -3.76. The molecule has 10 heteroatoms. The lowest BCUT2D eigenvalue weighted by Crippen LogP contribution is -2.66. The Bertz CT molecular complexity index is 1410. The Morgan fingerprint density at radius 1 is 1.18 bits per heavy atom. The van der Waals surface area contributed by atoms with Gasteiger partial charge in [0, 0.05) is 60.3 Å². The number of carbonyl (C=O) groups is 1. The third-order valence-electron chi connectivity index (χ3n) is 8.37. The monoisotopic (exact) mass is 513 g/mol. The van der Waals surface area contributed by atoms with E-state index in [4.69, 9.17) is 5.73 Å². The molecule has 2 aliphatic rings. The summed E-state index contributed by atoms with van der Waals surface area (Å²) in [5, 5.41) is 8.85. The van der Waals surface area contributed by atoms with Gasteiger partial charge in [-0.15, -0.1) is 0 Å². The van der Waals surface area contributed by atoms with Crippen molar-refractivity contribution in [1.29, 1.82) is 0 Å². The van der Waals surface area contributed by atoms with E-state index in [1.165, 1.54) is 0 Å². The fourth-order valence-electron chi connectivity index (χ4n) is 5.78. The number of H-pyrrole nitrogens is 1. The number of anilines is 1. The molecule has 0 saturated carbocycles. The number of nitrogens with two attached hydrogens (primary N) is 1. The van der Waals surface area contributed by atoms with Crippen LogP contribution >= 0.6 is 0 Å². The number of piperidine rings is 1. The summed E-state index contributed by atoms with van der Waals surface area (Å²) in [7, 11) is 2.16. The van der Waals surface area contributed by atoms with E-state index < -0.39 is 0 Å². The predicted octanol–water partition coefficient (Wildman–Crippen LogP) is 2.46. The number of likely N-dealkylation sites (tertiary alicyclic amines) is 1. The van der Waals surface area contributed by atoms with Crippen molar-refractivity contribution in [2.75, 3.05) is 44.7 Å². The zero-order valence-electron chi connectivity index (χ0n) is 22.0. The van der Waals surface area contributed by atoms with E-state index in [2.05, 4.69) is 49.1 Å². The maximum Gasteiger partial charge on any atom is 0.251 e. The molecule has 0 aliphatic carbocycles. The van der Waals surface area contributed by atoms with Crippen molar-refractivity contribution in [3.63, 3.8) is 0 Å². The molecule has 2 saturated heterocycles. The van der Waals surface area contributed by atoms with Gasteiger partial charge in [0.15, 0.2) is 0 Å². The van der Waals surface area contributed by atoms with E-state index in [9.17, 15) is 4.79 Å². The molecule has 0 radical (unpaired) electrons. The first-order valence-electron chi connectivity index (χ1n) is 13.3. The van der Waals surface area contributed by atoms with Crippen LogP contribution in [0.1, 0.15) is 30.1 Å². The molecule has 198 valence electrons. The van der Waals surface area contributed by atoms with E-state index in [0.29, 0.717) is 18.0 Å². The molecule has 1 amide bonds. The number of fused-ring (bicyclic) bond motifs is 1. The van der Waals surface area contributed by atoms with Crippen molar-refractivity contribution < 1.29 is 4.79 Å². The van der Waals surface area contributed by atoms with Crippen LogP contribution in [0.25, 0.3) is 22.3 Å². The molecule has 4 aromatic rings. The first-order valence-corrected chi connectivity index (χ1v) is 13.3. The number of benzene rings is 1. The molecule has 2 fully saturated rings. The summed E-state index contributed by atoms with van der Waals surface area (Å²) in [6.07, 6.45) is 9.55. The highest BCUT2D eigenvalue weighted by molar-refractivity contribution is 5.94. The Labute approximate surface area is 222 Å². The molecule has 0 spiro atoms. The highest BCUT2D eigenvalue weighted by Gasteiger charge is 2.44. The zero-order chi connectivity index (χ0) is 26.3. The van der Waals surface area contributed by atoms with Gasteiger partial charge < -0.3 is 25.8 Å². The van der Waals surface area contributed by atoms with Crippen LogP contribution in [0.3, 0.4) is 0 Å². The van der Waals surface area contributed by atoms with Gasteiger partial charge in [-0.1, -0.05) is 0 Å². The highest BCUT2D eigenvalue weighted by atomic mass is 16.1. The van der Waals surface area contributed by atoms with Crippen LogP contribution in [0.15, 0.2) is 55.2 Å². The van der Waals surface area contributed by atoms with E-state index in [1.807, 2.05) is 53.6 Å². The zero-order valence-corrected chi connectivity index (χ0v) is 22.0. The first-order chi connectivity index (χ1) is 18.5. The summed E-state index contributed by atoms with van der Waals surface area (Å²) in [4.78, 5) is 29.4. The number of amides is 1. The summed E-state index contributed by atoms with van der Waals surface area (Å²) in [5.74, 6) is 0.527. The fraction of sp³-hybridized carbons (Fsp3) is 0.429. The summed E-state index contributed by atoms with van der Waals surface area (Å²) < 4.78 is 1.98. The van der Waals surface area contributed by atoms with Crippen LogP contribution in [0.4, 0.5) is 5.69 Å². The van der Waals surface area contributed by atoms with Gasteiger partial charge in [-0.25, -0.2) is 9.97 Å². The molecule has 1 aromatic carbocycles. The van der Waals surface area contributed by atoms with Gasteiger partial charge in [-0.2, -0.15) is 5.10 Å². The average molecular weight is 514 g/mol. The van der Waals surface area contributed by atoms with Crippen LogP contribution < -0.4 is 16.0 Å². The largest absolute Gasteiger partial charge is 0.366 e. The van der Waals surface area contributed by atoms with Crippen LogP contribution in [0, 0.1) is 5.92 Å². The molecule has 5 heterocycles. The third kappa shape index (κ3) is 4.43. The molecule has 2 aliphatic heterocycles. The maximum absolute atomic E-state index is 12.9. The molecular formula is C28H35N9O. The fourth-order valence-corrected chi connectivity index (χ4v) is 5.78. The first kappa shape index (κ1) is 24.6. The minimum Gasteiger partial charge on any atom is -0.366 e. The Balaban J connectivity index is 1.10. The lowest BCUT2D eigenvalue weighted by atomic mass is 9.89. The maximum atomic E-state index is 12.9. The van der Waals surface area contributed by atoms with Crippen LogP contribution in [0.5, 0.6) is 0 Å². The lowest BCUT2D eigenvalue weighted by molar-refractivity contribution is 0.0909. The molecule has 6 rings (SSSR count). The SMILES string of the molecule is CC(NC(=O)c1ccc(N2CC(CN)(n3cc(-c4ncnc5[nH]ccc45)cn3)C2)cc1)C1CCN(C)CC1. The number of aromatic amines is 1. The van der Waals surface area contributed by atoms with Gasteiger partial charge in [0.05, 0.1) is 11.9 Å². The van der Waals surface area contributed by atoms with Gasteiger partial charge in [-0.3, -0.25) is 9.48 Å². The van der Waals surface area contributed by atoms with Crippen LogP contribution in [-0.4, -0.2) is 81.4 Å². The number of nitrogens with one attached hydrogen (secondary N) is 2. The van der Waals surface area contributed by atoms with E-state index in [-0.39, 0.29) is 17.5 Å². The van der Waals surface area contributed by atoms with Crippen LogP contribution in [-0.2, 0) is 5.54 Å². The number of rotatable bonds is 7. The van der Waals surface area contributed by atoms with Gasteiger partial charge in [0.2, 0.25) is 0 Å². The Morgan fingerprint density at radius 3 is 2.68 bits per heavy atom. The average Bonchev–Trinajstić information content (AvgIpc) is 3.59. The molecular weight excluding hydrogens is 478 g/mol. The molecule has 3 aromatic heterocycles. The standard InChI is InChI=1S/C28H35N9O/c1-19(20-8-11-35(2)12-9-20)34-27(38)21-3-5-23(6-4-21)36-16-28(15-29,17-36)37-14-22(13-33-37)25-24-7-10-30-26(24)32-18-31-25/h3-7,10,13-14,18-20H,8-9,11-12,15-17,29H2,1-2H3,(H,34,38)(H,30,31,32). The van der Waals surface area contributed by atoms with Crippen LogP contribution in [0.2, 0.25) is 0 Å². The minimum atomic E-state index is -0.290. The number of hydrogen-bond acceptors (Lipinski definition) is 7. The van der Waals surface area contributed by atoms with Gasteiger partial charge >= 0.3 is 0 Å². The van der Waals surface area contributed by atoms with Crippen molar-refractivity contribution in [1.82, 2.24) is 34.9 Å². The Morgan fingerprint density at radius 2 is 1.95 bits per heavy atom. The summed E-state index contributed by atoms with van der Waals surface area (Å²) in [6, 6.07) is 10.0. The topological polar surface area (TPSA) is 121 Å². The summed E-state index contributed by atoms with van der Waals surface area (Å²) >= 11 is 0. The molecule has 0 bridgehead atoms. The van der Waals surface area contributed by atoms with Crippen molar-refractivity contribution in [3.05, 3.63) is 60.8 Å². The predicted molar refractivity (Wildman–Crippen MR) is 148 cm³/mol. The molecule has 1 atom stereocenters. The summed E-state index contributed by atoms with van der Waals surface area (Å²) in [5.41, 5.74) is 10.3. The number of hydrogen-bond donors (Lipinski definition) is 3. The van der Waals surface area contributed by atoms with Gasteiger partial charge in [0.1, 0.15) is 17.5 Å². The normalized spacial score (nSPS) is 18.9. The number of carbonyl (C=O) groups excluding carboxylic acids is 1. The quantitative estimate of drug-likeness (QED) is 0.347.